The van der Waals surface area contributed by atoms with Crippen LogP contribution in [0.4, 0.5) is 5.82 Å². The molecule has 2 N–H and O–H groups in total. The highest BCUT2D eigenvalue weighted by molar-refractivity contribution is 5.97. The van der Waals surface area contributed by atoms with Gasteiger partial charge in [0.15, 0.2) is 5.69 Å². The Hall–Kier alpha value is -3.61. The van der Waals surface area contributed by atoms with Gasteiger partial charge in [-0.25, -0.2) is 4.68 Å². The molecule has 29 heavy (non-hydrogen) atoms. The Morgan fingerprint density at radius 3 is 2.48 bits per heavy atom. The van der Waals surface area contributed by atoms with E-state index in [4.69, 9.17) is 4.74 Å². The molecule has 7 nitrogen and oxygen atoms in total. The maximum absolute atomic E-state index is 12.6. The van der Waals surface area contributed by atoms with Crippen LogP contribution in [-0.2, 0) is 11.3 Å². The maximum Gasteiger partial charge on any atom is 0.272 e. The Labute approximate surface area is 168 Å². The number of hydrogen-bond acceptors (Lipinski definition) is 4. The lowest BCUT2D eigenvalue weighted by molar-refractivity contribution is -0.117. The summed E-state index contributed by atoms with van der Waals surface area (Å²) in [6, 6.07) is 18.5. The minimum Gasteiger partial charge on any atom is -0.497 e. The van der Waals surface area contributed by atoms with Crippen molar-refractivity contribution in [2.24, 2.45) is 5.92 Å². The summed E-state index contributed by atoms with van der Waals surface area (Å²) in [5.41, 5.74) is 1.96. The zero-order chi connectivity index (χ0) is 20.2. The Morgan fingerprint density at radius 2 is 1.83 bits per heavy atom. The van der Waals surface area contributed by atoms with Crippen molar-refractivity contribution < 1.29 is 14.3 Å². The number of benzene rings is 2. The maximum atomic E-state index is 12.6. The lowest BCUT2D eigenvalue weighted by Gasteiger charge is -2.08. The Morgan fingerprint density at radius 1 is 1.10 bits per heavy atom. The number of rotatable bonds is 7. The highest BCUT2D eigenvalue weighted by Crippen LogP contribution is 2.30. The van der Waals surface area contributed by atoms with E-state index in [1.165, 1.54) is 0 Å². The topological polar surface area (TPSA) is 85.3 Å². The predicted octanol–water partition coefficient (Wildman–Crippen LogP) is 3.16. The first-order valence-electron chi connectivity index (χ1n) is 9.51. The zero-order valence-corrected chi connectivity index (χ0v) is 16.1. The first-order chi connectivity index (χ1) is 14.1. The van der Waals surface area contributed by atoms with Crippen LogP contribution in [0.2, 0.25) is 0 Å². The molecule has 1 aromatic heterocycles. The van der Waals surface area contributed by atoms with Crippen LogP contribution in [-0.4, -0.2) is 28.7 Å². The molecule has 0 saturated heterocycles. The third-order valence-electron chi connectivity index (χ3n) is 4.75. The second kappa shape index (κ2) is 8.18. The minimum atomic E-state index is -0.308. The highest BCUT2D eigenvalue weighted by atomic mass is 16.5. The molecular formula is C22H22N4O3. The Kier molecular flexibility index (Phi) is 5.29. The molecule has 7 heteroatoms. The van der Waals surface area contributed by atoms with Crippen molar-refractivity contribution in [2.75, 3.05) is 12.4 Å². The Bertz CT molecular complexity index is 1010. The smallest absolute Gasteiger partial charge is 0.272 e. The number of amides is 2. The number of ether oxygens (including phenoxy) is 1. The molecule has 1 fully saturated rings. The van der Waals surface area contributed by atoms with Crippen molar-refractivity contribution in [2.45, 2.75) is 19.4 Å². The fourth-order valence-corrected chi connectivity index (χ4v) is 2.94. The van der Waals surface area contributed by atoms with Crippen molar-refractivity contribution in [1.29, 1.82) is 0 Å². The minimum absolute atomic E-state index is 0.0349. The summed E-state index contributed by atoms with van der Waals surface area (Å²) in [5, 5.41) is 10.2. The van der Waals surface area contributed by atoms with Crippen LogP contribution < -0.4 is 15.4 Å². The van der Waals surface area contributed by atoms with E-state index in [1.807, 2.05) is 54.6 Å². The molecule has 1 aliphatic rings. The molecule has 0 unspecified atom stereocenters. The third kappa shape index (κ3) is 4.45. The molecule has 1 aliphatic carbocycles. The fraction of sp³-hybridized carbons (Fsp3) is 0.227. The van der Waals surface area contributed by atoms with E-state index in [1.54, 1.807) is 17.9 Å². The van der Waals surface area contributed by atoms with E-state index in [0.717, 1.165) is 29.8 Å². The predicted molar refractivity (Wildman–Crippen MR) is 109 cm³/mol. The second-order valence-corrected chi connectivity index (χ2v) is 6.96. The van der Waals surface area contributed by atoms with Crippen LogP contribution in [0.25, 0.3) is 5.69 Å². The molecule has 0 radical (unpaired) electrons. The van der Waals surface area contributed by atoms with Gasteiger partial charge in [0, 0.05) is 18.5 Å². The standard InChI is InChI=1S/C22H22N4O3/c1-29-18-11-7-15(8-12-18)14-23-22(28)19-13-20(24-21(27)16-9-10-16)26(25-19)17-5-3-2-4-6-17/h2-8,11-13,16H,9-10,14H2,1H3,(H,23,28)(H,24,27). The molecule has 2 aromatic carbocycles. The molecule has 3 aromatic rings. The van der Waals surface area contributed by atoms with Gasteiger partial charge >= 0.3 is 0 Å². The van der Waals surface area contributed by atoms with Crippen molar-refractivity contribution >= 4 is 17.6 Å². The molecule has 0 bridgehead atoms. The van der Waals surface area contributed by atoms with E-state index >= 15 is 0 Å². The number of carbonyl (C=O) groups excluding carboxylic acids is 2. The number of aromatic nitrogens is 2. The molecule has 0 aliphatic heterocycles. The summed E-state index contributed by atoms with van der Waals surface area (Å²) in [6.45, 7) is 0.366. The van der Waals surface area contributed by atoms with Crippen LogP contribution in [0.3, 0.4) is 0 Å². The summed E-state index contributed by atoms with van der Waals surface area (Å²) < 4.78 is 6.73. The van der Waals surface area contributed by atoms with Gasteiger partial charge < -0.3 is 15.4 Å². The number of anilines is 1. The lowest BCUT2D eigenvalue weighted by atomic mass is 10.2. The van der Waals surface area contributed by atoms with Gasteiger partial charge in [0.25, 0.3) is 5.91 Å². The van der Waals surface area contributed by atoms with E-state index in [2.05, 4.69) is 15.7 Å². The SMILES string of the molecule is COc1ccc(CNC(=O)c2cc(NC(=O)C3CC3)n(-c3ccccc3)n2)cc1. The van der Waals surface area contributed by atoms with Crippen LogP contribution >= 0.6 is 0 Å². The number of methoxy groups -OCH3 is 1. The third-order valence-corrected chi connectivity index (χ3v) is 4.75. The highest BCUT2D eigenvalue weighted by Gasteiger charge is 2.30. The van der Waals surface area contributed by atoms with Gasteiger partial charge in [-0.05, 0) is 42.7 Å². The first-order valence-corrected chi connectivity index (χ1v) is 9.51. The van der Waals surface area contributed by atoms with Gasteiger partial charge in [-0.1, -0.05) is 30.3 Å². The summed E-state index contributed by atoms with van der Waals surface area (Å²) in [4.78, 5) is 24.9. The second-order valence-electron chi connectivity index (χ2n) is 6.96. The van der Waals surface area contributed by atoms with Crippen molar-refractivity contribution in [1.82, 2.24) is 15.1 Å². The van der Waals surface area contributed by atoms with Crippen molar-refractivity contribution in [3.8, 4) is 11.4 Å². The van der Waals surface area contributed by atoms with E-state index in [0.29, 0.717) is 12.4 Å². The van der Waals surface area contributed by atoms with E-state index < -0.39 is 0 Å². The summed E-state index contributed by atoms with van der Waals surface area (Å²) in [7, 11) is 1.61. The molecule has 148 valence electrons. The quantitative estimate of drug-likeness (QED) is 0.649. The molecule has 0 spiro atoms. The number of hydrogen-bond donors (Lipinski definition) is 2. The monoisotopic (exact) mass is 390 g/mol. The largest absolute Gasteiger partial charge is 0.497 e. The molecule has 1 heterocycles. The van der Waals surface area contributed by atoms with E-state index in [-0.39, 0.29) is 23.4 Å². The van der Waals surface area contributed by atoms with Gasteiger partial charge in [-0.15, -0.1) is 0 Å². The molecule has 1 saturated carbocycles. The number of nitrogens with one attached hydrogen (secondary N) is 2. The molecule has 2 amide bonds. The number of para-hydroxylation sites is 1. The molecule has 4 rings (SSSR count). The van der Waals surface area contributed by atoms with Crippen LogP contribution in [0.5, 0.6) is 5.75 Å². The average Bonchev–Trinajstić information content (AvgIpc) is 3.54. The van der Waals surface area contributed by atoms with Gasteiger partial charge in [-0.2, -0.15) is 5.10 Å². The van der Waals surface area contributed by atoms with Gasteiger partial charge in [0.2, 0.25) is 5.91 Å². The summed E-state index contributed by atoms with van der Waals surface area (Å²) in [5.74, 6) is 0.964. The fourth-order valence-electron chi connectivity index (χ4n) is 2.94. The summed E-state index contributed by atoms with van der Waals surface area (Å²) >= 11 is 0. The number of nitrogens with zero attached hydrogens (tertiary/aromatic N) is 2. The van der Waals surface area contributed by atoms with Crippen LogP contribution in [0.15, 0.2) is 60.7 Å². The molecule has 0 atom stereocenters. The summed E-state index contributed by atoms with van der Waals surface area (Å²) in [6.07, 6.45) is 1.81. The normalized spacial score (nSPS) is 13.0. The first kappa shape index (κ1) is 18.7. The van der Waals surface area contributed by atoms with Crippen LogP contribution in [0, 0.1) is 5.92 Å². The van der Waals surface area contributed by atoms with Crippen molar-refractivity contribution in [3.63, 3.8) is 0 Å². The van der Waals surface area contributed by atoms with Crippen molar-refractivity contribution in [3.05, 3.63) is 71.9 Å². The zero-order valence-electron chi connectivity index (χ0n) is 16.1. The Balaban J connectivity index is 1.51. The van der Waals surface area contributed by atoms with Gasteiger partial charge in [0.05, 0.1) is 12.8 Å². The molecular weight excluding hydrogens is 368 g/mol. The average molecular weight is 390 g/mol. The number of carbonyl (C=O) groups is 2. The van der Waals surface area contributed by atoms with Crippen LogP contribution in [0.1, 0.15) is 28.9 Å². The van der Waals surface area contributed by atoms with Gasteiger partial charge in [0.1, 0.15) is 11.6 Å². The lowest BCUT2D eigenvalue weighted by Crippen LogP contribution is -2.23. The van der Waals surface area contributed by atoms with Gasteiger partial charge in [-0.3, -0.25) is 9.59 Å². The van der Waals surface area contributed by atoms with E-state index in [9.17, 15) is 9.59 Å².